The lowest BCUT2D eigenvalue weighted by atomic mass is 9.91. The zero-order chi connectivity index (χ0) is 34.0. The largest absolute Gasteiger partial charge is 0.417 e. The predicted molar refractivity (Wildman–Crippen MR) is 164 cm³/mol. The molecule has 5 rings (SSSR count). The highest BCUT2D eigenvalue weighted by Crippen LogP contribution is 2.41. The molecule has 47 heavy (non-hydrogen) atoms. The van der Waals surface area contributed by atoms with Crippen LogP contribution in [-0.2, 0) is 11.0 Å². The number of rotatable bonds is 8. The highest BCUT2D eigenvalue weighted by Gasteiger charge is 2.35. The van der Waals surface area contributed by atoms with Crippen molar-refractivity contribution in [3.05, 3.63) is 112 Å². The van der Waals surface area contributed by atoms with Gasteiger partial charge in [-0.15, -0.1) is 0 Å². The van der Waals surface area contributed by atoms with Crippen LogP contribution in [-0.4, -0.2) is 33.6 Å². The summed E-state index contributed by atoms with van der Waals surface area (Å²) in [4.78, 5) is 50.6. The molecule has 0 fully saturated rings. The van der Waals surface area contributed by atoms with Gasteiger partial charge in [-0.05, 0) is 60.5 Å². The smallest absolute Gasteiger partial charge is 0.380 e. The molecule has 0 spiro atoms. The number of anilines is 2. The van der Waals surface area contributed by atoms with Crippen molar-refractivity contribution in [1.82, 2.24) is 5.16 Å². The second kappa shape index (κ2) is 12.7. The maximum Gasteiger partial charge on any atom is 0.417 e. The van der Waals surface area contributed by atoms with Gasteiger partial charge in [0.1, 0.15) is 6.10 Å². The molecule has 0 saturated heterocycles. The summed E-state index contributed by atoms with van der Waals surface area (Å²) in [6.07, 6.45) is -6.67. The van der Waals surface area contributed by atoms with Gasteiger partial charge in [0.25, 0.3) is 5.91 Å². The average molecular weight is 641 g/mol. The first-order chi connectivity index (χ1) is 22.3. The number of aliphatic hydroxyl groups is 1. The van der Waals surface area contributed by atoms with E-state index in [9.17, 15) is 42.7 Å². The molecular formula is C34H23F3N4O6. The van der Waals surface area contributed by atoms with E-state index >= 15 is 0 Å². The quantitative estimate of drug-likeness (QED) is 0.158. The number of aliphatic hydroxyl groups excluding tert-OH is 1. The number of benzene rings is 4. The molecule has 0 aliphatic rings. The van der Waals surface area contributed by atoms with Gasteiger partial charge in [-0.2, -0.15) is 18.4 Å². The topological polar surface area (TPSA) is 162 Å². The molecule has 0 radical (unpaired) electrons. The van der Waals surface area contributed by atoms with Crippen LogP contribution in [0.4, 0.5) is 24.5 Å². The maximum absolute atomic E-state index is 14.3. The molecule has 1 unspecified atom stereocenters. The number of ketones is 2. The monoisotopic (exact) mass is 640 g/mol. The highest BCUT2D eigenvalue weighted by atomic mass is 19.4. The third kappa shape index (κ3) is 6.63. The highest BCUT2D eigenvalue weighted by molar-refractivity contribution is 6.14. The minimum Gasteiger partial charge on any atom is -0.380 e. The van der Waals surface area contributed by atoms with E-state index in [0.717, 1.165) is 26.0 Å². The number of aromatic nitrogens is 1. The van der Waals surface area contributed by atoms with Gasteiger partial charge in [0.15, 0.2) is 22.8 Å². The van der Waals surface area contributed by atoms with Crippen LogP contribution in [0.5, 0.6) is 0 Å². The first-order valence-electron chi connectivity index (χ1n) is 13.8. The average Bonchev–Trinajstić information content (AvgIpc) is 3.46. The molecule has 1 aromatic heterocycles. The van der Waals surface area contributed by atoms with Gasteiger partial charge in [0.05, 0.1) is 22.6 Å². The first-order valence-corrected chi connectivity index (χ1v) is 13.8. The molecule has 1 heterocycles. The summed E-state index contributed by atoms with van der Waals surface area (Å²) in [5.41, 5.74) is -2.29. The van der Waals surface area contributed by atoms with Crippen molar-refractivity contribution in [1.29, 1.82) is 5.26 Å². The van der Waals surface area contributed by atoms with E-state index in [2.05, 4.69) is 15.8 Å². The molecule has 236 valence electrons. The standard InChI is InChI=1S/C34H23F3N4O6/c1-17(42)23-15-29-26(14-24(23)22-10-9-21(39-18(2)43)13-27(22)34(35,36)37)30(41-47-29)33(46)40-28-11-8-19(16-38)12-25(28)32(45)31(44)20-6-4-3-5-7-20/h3-15,32,45H,1-2H3,(H,39,43)(H,40,46). The zero-order valence-corrected chi connectivity index (χ0v) is 24.6. The summed E-state index contributed by atoms with van der Waals surface area (Å²) in [5, 5.41) is 29.0. The van der Waals surface area contributed by atoms with E-state index in [1.807, 2.05) is 6.07 Å². The Labute approximate surface area is 264 Å². The molecule has 0 bridgehead atoms. The Morgan fingerprint density at radius 2 is 1.64 bits per heavy atom. The van der Waals surface area contributed by atoms with Crippen molar-refractivity contribution in [3.63, 3.8) is 0 Å². The van der Waals surface area contributed by atoms with Crippen molar-refractivity contribution in [2.24, 2.45) is 0 Å². The van der Waals surface area contributed by atoms with Crippen LogP contribution in [0.15, 0.2) is 83.4 Å². The molecule has 13 heteroatoms. The number of hydrogen-bond acceptors (Lipinski definition) is 8. The SMILES string of the molecule is CC(=O)Nc1ccc(-c2cc3c(C(=O)Nc4ccc(C#N)cc4C(O)C(=O)c4ccccc4)noc3cc2C(C)=O)c(C(F)(F)F)c1. The molecule has 3 N–H and O–H groups in total. The molecule has 10 nitrogen and oxygen atoms in total. The van der Waals surface area contributed by atoms with Gasteiger partial charge < -0.3 is 20.3 Å². The Kier molecular flexibility index (Phi) is 8.72. The Bertz CT molecular complexity index is 2120. The Hall–Kier alpha value is -6.13. The Balaban J connectivity index is 1.59. The van der Waals surface area contributed by atoms with Gasteiger partial charge in [-0.3, -0.25) is 19.2 Å². The normalized spacial score (nSPS) is 11.9. The number of carbonyl (C=O) groups is 4. The zero-order valence-electron chi connectivity index (χ0n) is 24.6. The predicted octanol–water partition coefficient (Wildman–Crippen LogP) is 6.71. The number of Topliss-reactive ketones (excluding diaryl/α,β-unsaturated/α-hetero) is 2. The fourth-order valence-electron chi connectivity index (χ4n) is 5.01. The van der Waals surface area contributed by atoms with Crippen LogP contribution in [0.2, 0.25) is 0 Å². The van der Waals surface area contributed by atoms with Crippen LogP contribution in [0.1, 0.15) is 67.8 Å². The molecule has 0 aliphatic carbocycles. The number of halogens is 3. The fraction of sp³-hybridized carbons (Fsp3) is 0.118. The number of carbonyl (C=O) groups excluding carboxylic acids is 4. The summed E-state index contributed by atoms with van der Waals surface area (Å²) in [6.45, 7) is 2.30. The van der Waals surface area contributed by atoms with E-state index in [1.165, 1.54) is 48.5 Å². The lowest BCUT2D eigenvalue weighted by Crippen LogP contribution is -2.18. The lowest BCUT2D eigenvalue weighted by Gasteiger charge is -2.17. The van der Waals surface area contributed by atoms with Crippen molar-refractivity contribution < 1.29 is 42.0 Å². The Morgan fingerprint density at radius 1 is 0.915 bits per heavy atom. The van der Waals surface area contributed by atoms with Crippen molar-refractivity contribution in [3.8, 4) is 17.2 Å². The van der Waals surface area contributed by atoms with Gasteiger partial charge in [0, 0.05) is 35.0 Å². The van der Waals surface area contributed by atoms with Gasteiger partial charge in [-0.1, -0.05) is 41.6 Å². The van der Waals surface area contributed by atoms with Crippen LogP contribution in [0, 0.1) is 11.3 Å². The van der Waals surface area contributed by atoms with E-state index in [1.54, 1.807) is 18.2 Å². The van der Waals surface area contributed by atoms with Crippen LogP contribution >= 0.6 is 0 Å². The second-order valence-corrected chi connectivity index (χ2v) is 10.4. The van der Waals surface area contributed by atoms with E-state index in [0.29, 0.717) is 0 Å². The summed E-state index contributed by atoms with van der Waals surface area (Å²) in [6, 6.07) is 19.1. The van der Waals surface area contributed by atoms with Gasteiger partial charge in [-0.25, -0.2) is 0 Å². The molecular weight excluding hydrogens is 617 g/mol. The van der Waals surface area contributed by atoms with Gasteiger partial charge in [0.2, 0.25) is 5.91 Å². The molecule has 1 atom stereocenters. The molecule has 0 aliphatic heterocycles. The molecule has 0 saturated carbocycles. The second-order valence-electron chi connectivity index (χ2n) is 10.4. The van der Waals surface area contributed by atoms with Crippen LogP contribution < -0.4 is 10.6 Å². The maximum atomic E-state index is 14.3. The minimum atomic E-state index is -4.90. The third-order valence-electron chi connectivity index (χ3n) is 7.17. The third-order valence-corrected chi connectivity index (χ3v) is 7.17. The molecule has 2 amide bonds. The number of amides is 2. The number of alkyl halides is 3. The molecule has 4 aromatic carbocycles. The summed E-state index contributed by atoms with van der Waals surface area (Å²) >= 11 is 0. The van der Waals surface area contributed by atoms with Crippen molar-refractivity contribution in [2.45, 2.75) is 26.1 Å². The number of nitriles is 1. The summed E-state index contributed by atoms with van der Waals surface area (Å²) in [5.74, 6) is -2.80. The lowest BCUT2D eigenvalue weighted by molar-refractivity contribution is -0.137. The number of hydrogen-bond donors (Lipinski definition) is 3. The number of nitrogens with one attached hydrogen (secondary N) is 2. The number of fused-ring (bicyclic) bond motifs is 1. The summed E-state index contributed by atoms with van der Waals surface area (Å²) < 4.78 is 48.0. The fourth-order valence-corrected chi connectivity index (χ4v) is 5.01. The van der Waals surface area contributed by atoms with Crippen LogP contribution in [0.25, 0.3) is 22.1 Å². The van der Waals surface area contributed by atoms with E-state index in [4.69, 9.17) is 4.52 Å². The van der Waals surface area contributed by atoms with E-state index in [-0.39, 0.29) is 55.9 Å². The minimum absolute atomic E-state index is 0.0438. The Morgan fingerprint density at radius 3 is 2.28 bits per heavy atom. The van der Waals surface area contributed by atoms with E-state index < -0.39 is 46.8 Å². The van der Waals surface area contributed by atoms with Crippen molar-refractivity contribution in [2.75, 3.05) is 10.6 Å². The summed E-state index contributed by atoms with van der Waals surface area (Å²) in [7, 11) is 0. The van der Waals surface area contributed by atoms with Crippen LogP contribution in [0.3, 0.4) is 0 Å². The van der Waals surface area contributed by atoms with Crippen molar-refractivity contribution >= 4 is 45.7 Å². The molecule has 5 aromatic rings. The van der Waals surface area contributed by atoms with Gasteiger partial charge >= 0.3 is 6.18 Å². The first kappa shape index (κ1) is 32.3. The number of nitrogens with zero attached hydrogens (tertiary/aromatic N) is 2.